The van der Waals surface area contributed by atoms with Gasteiger partial charge < -0.3 is 16.4 Å². The van der Waals surface area contributed by atoms with Crippen molar-refractivity contribution < 1.29 is 9.59 Å². The number of halogens is 1. The largest absolute Gasteiger partial charge is 0.327 e. The van der Waals surface area contributed by atoms with E-state index in [2.05, 4.69) is 10.6 Å². The number of nitrogens with two attached hydrogens (primary N) is 1. The molecule has 2 aliphatic rings. The fraction of sp³-hybridized carbons (Fsp3) is 0.556. The predicted molar refractivity (Wildman–Crippen MR) is 95.9 cm³/mol. The summed E-state index contributed by atoms with van der Waals surface area (Å²) >= 11 is 6.16. The van der Waals surface area contributed by atoms with Gasteiger partial charge in [0, 0.05) is 24.6 Å². The molecule has 0 spiro atoms. The number of hydrogen-bond donors (Lipinski definition) is 3. The smallest absolute Gasteiger partial charge is 0.227 e. The zero-order valence-electron chi connectivity index (χ0n) is 13.8. The maximum absolute atomic E-state index is 12.6. The van der Waals surface area contributed by atoms with Gasteiger partial charge in [0.1, 0.15) is 0 Å². The maximum atomic E-state index is 12.6. The van der Waals surface area contributed by atoms with Crippen LogP contribution in [0, 0.1) is 17.8 Å². The van der Waals surface area contributed by atoms with Gasteiger partial charge in [0.15, 0.2) is 0 Å². The van der Waals surface area contributed by atoms with Crippen LogP contribution >= 0.6 is 11.6 Å². The van der Waals surface area contributed by atoms with Crippen LogP contribution in [-0.4, -0.2) is 17.9 Å². The monoisotopic (exact) mass is 349 g/mol. The molecule has 24 heavy (non-hydrogen) atoms. The Morgan fingerprint density at radius 1 is 1.17 bits per heavy atom. The third-order valence-electron chi connectivity index (χ3n) is 5.33. The van der Waals surface area contributed by atoms with Crippen LogP contribution in [0.15, 0.2) is 18.2 Å². The molecule has 1 aromatic carbocycles. The van der Waals surface area contributed by atoms with E-state index in [-0.39, 0.29) is 23.8 Å². The zero-order valence-corrected chi connectivity index (χ0v) is 14.6. The third-order valence-corrected chi connectivity index (χ3v) is 5.64. The third kappa shape index (κ3) is 3.73. The van der Waals surface area contributed by atoms with Crippen molar-refractivity contribution in [1.82, 2.24) is 0 Å². The van der Waals surface area contributed by atoms with Crippen molar-refractivity contribution in [2.45, 2.75) is 45.1 Å². The first-order valence-corrected chi connectivity index (χ1v) is 8.95. The van der Waals surface area contributed by atoms with Gasteiger partial charge in [-0.25, -0.2) is 0 Å². The van der Waals surface area contributed by atoms with E-state index in [4.69, 9.17) is 17.3 Å². The molecule has 2 atom stereocenters. The number of carbonyl (C=O) groups is 2. The van der Waals surface area contributed by atoms with Crippen LogP contribution in [0.25, 0.3) is 0 Å². The second kappa shape index (κ2) is 7.11. The average Bonchev–Trinajstić information content (AvgIpc) is 2.49. The van der Waals surface area contributed by atoms with Crippen molar-refractivity contribution in [3.8, 4) is 0 Å². The van der Waals surface area contributed by atoms with Crippen LogP contribution in [0.5, 0.6) is 0 Å². The van der Waals surface area contributed by atoms with Gasteiger partial charge in [-0.3, -0.25) is 9.59 Å². The van der Waals surface area contributed by atoms with Crippen LogP contribution in [0.2, 0.25) is 5.02 Å². The quantitative estimate of drug-likeness (QED) is 0.782. The molecule has 2 aliphatic carbocycles. The molecule has 2 fully saturated rings. The minimum absolute atomic E-state index is 0.0221. The van der Waals surface area contributed by atoms with Crippen LogP contribution < -0.4 is 16.4 Å². The van der Waals surface area contributed by atoms with E-state index in [1.807, 2.05) is 0 Å². The first-order chi connectivity index (χ1) is 11.4. The molecule has 3 rings (SSSR count). The Morgan fingerprint density at radius 3 is 2.42 bits per heavy atom. The van der Waals surface area contributed by atoms with Gasteiger partial charge in [-0.05, 0) is 55.7 Å². The molecule has 5 nitrogen and oxygen atoms in total. The Labute approximate surface area is 147 Å². The number of fused-ring (bicyclic) bond motifs is 2. The molecule has 130 valence electrons. The summed E-state index contributed by atoms with van der Waals surface area (Å²) in [6.45, 7) is 1.43. The highest BCUT2D eigenvalue weighted by atomic mass is 35.5. The molecule has 0 heterocycles. The number of nitrogens with one attached hydrogen (secondary N) is 2. The molecule has 2 saturated carbocycles. The van der Waals surface area contributed by atoms with E-state index in [9.17, 15) is 9.59 Å². The summed E-state index contributed by atoms with van der Waals surface area (Å²) in [5.41, 5.74) is 7.49. The van der Waals surface area contributed by atoms with E-state index in [1.165, 1.54) is 13.3 Å². The fourth-order valence-electron chi connectivity index (χ4n) is 4.13. The number of carbonyl (C=O) groups excluding carboxylic acids is 2. The normalized spacial score (nSPS) is 29.0. The van der Waals surface area contributed by atoms with Gasteiger partial charge in [0.25, 0.3) is 0 Å². The predicted octanol–water partition coefficient (Wildman–Crippen LogP) is 3.39. The van der Waals surface area contributed by atoms with E-state index < -0.39 is 0 Å². The van der Waals surface area contributed by atoms with Crippen molar-refractivity contribution in [3.63, 3.8) is 0 Å². The van der Waals surface area contributed by atoms with Crippen LogP contribution in [-0.2, 0) is 9.59 Å². The molecule has 0 saturated heterocycles. The molecular formula is C18H24ClN3O2. The van der Waals surface area contributed by atoms with Gasteiger partial charge in [-0.15, -0.1) is 0 Å². The Morgan fingerprint density at radius 2 is 1.83 bits per heavy atom. The molecular weight excluding hydrogens is 326 g/mol. The number of benzene rings is 1. The van der Waals surface area contributed by atoms with E-state index in [0.717, 1.165) is 25.7 Å². The highest BCUT2D eigenvalue weighted by molar-refractivity contribution is 6.34. The SMILES string of the molecule is CC(=O)Nc1ccc(NC(=O)C2CC3CCCC(C2)C3N)cc1Cl. The van der Waals surface area contributed by atoms with Gasteiger partial charge in [-0.2, -0.15) is 0 Å². The molecule has 0 radical (unpaired) electrons. The maximum Gasteiger partial charge on any atom is 0.227 e. The highest BCUT2D eigenvalue weighted by Gasteiger charge is 2.40. The van der Waals surface area contributed by atoms with Crippen molar-refractivity contribution in [2.75, 3.05) is 10.6 Å². The molecule has 0 aliphatic heterocycles. The second-order valence-electron chi connectivity index (χ2n) is 7.06. The van der Waals surface area contributed by atoms with Crippen LogP contribution in [0.1, 0.15) is 39.0 Å². The Bertz CT molecular complexity index is 635. The number of amides is 2. The van der Waals surface area contributed by atoms with Crippen LogP contribution in [0.4, 0.5) is 11.4 Å². The lowest BCUT2D eigenvalue weighted by molar-refractivity contribution is -0.122. The van der Waals surface area contributed by atoms with E-state index >= 15 is 0 Å². The number of anilines is 2. The van der Waals surface area contributed by atoms with Gasteiger partial charge >= 0.3 is 0 Å². The molecule has 2 unspecified atom stereocenters. The minimum atomic E-state index is -0.182. The summed E-state index contributed by atoms with van der Waals surface area (Å²) in [7, 11) is 0. The number of rotatable bonds is 3. The van der Waals surface area contributed by atoms with Crippen LogP contribution in [0.3, 0.4) is 0 Å². The molecule has 1 aromatic rings. The standard InChI is InChI=1S/C18H24ClN3O2/c1-10(23)21-16-6-5-14(9-15(16)19)22-18(24)13-7-11-3-2-4-12(8-13)17(11)20/h5-6,9,11-13,17H,2-4,7-8,20H2,1H3,(H,21,23)(H,22,24). The summed E-state index contributed by atoms with van der Waals surface area (Å²) in [5, 5.41) is 6.02. The minimum Gasteiger partial charge on any atom is -0.327 e. The summed E-state index contributed by atoms with van der Waals surface area (Å²) in [5.74, 6) is 0.827. The Balaban J connectivity index is 1.65. The molecule has 0 aromatic heterocycles. The van der Waals surface area contributed by atoms with Gasteiger partial charge in [0.05, 0.1) is 10.7 Å². The Kier molecular flexibility index (Phi) is 5.11. The zero-order chi connectivity index (χ0) is 17.3. The molecule has 4 N–H and O–H groups in total. The summed E-state index contributed by atoms with van der Waals surface area (Å²) in [6, 6.07) is 5.38. The number of hydrogen-bond acceptors (Lipinski definition) is 3. The first-order valence-electron chi connectivity index (χ1n) is 8.57. The van der Waals surface area contributed by atoms with Gasteiger partial charge in [-0.1, -0.05) is 18.0 Å². The molecule has 2 bridgehead atoms. The molecule has 6 heteroatoms. The van der Waals surface area contributed by atoms with E-state index in [0.29, 0.717) is 28.2 Å². The lowest BCUT2D eigenvalue weighted by Crippen LogP contribution is -2.48. The van der Waals surface area contributed by atoms with Crippen molar-refractivity contribution in [3.05, 3.63) is 23.2 Å². The van der Waals surface area contributed by atoms with Crippen molar-refractivity contribution in [2.24, 2.45) is 23.5 Å². The first kappa shape index (κ1) is 17.2. The Hall–Kier alpha value is -1.59. The van der Waals surface area contributed by atoms with Crippen molar-refractivity contribution >= 4 is 34.8 Å². The summed E-state index contributed by atoms with van der Waals surface area (Å²) in [6.07, 6.45) is 5.26. The molecule has 2 amide bonds. The fourth-order valence-corrected chi connectivity index (χ4v) is 4.36. The van der Waals surface area contributed by atoms with Crippen molar-refractivity contribution in [1.29, 1.82) is 0 Å². The average molecular weight is 350 g/mol. The second-order valence-corrected chi connectivity index (χ2v) is 7.47. The lowest BCUT2D eigenvalue weighted by Gasteiger charge is -2.43. The van der Waals surface area contributed by atoms with E-state index in [1.54, 1.807) is 18.2 Å². The summed E-state index contributed by atoms with van der Waals surface area (Å²) < 4.78 is 0. The topological polar surface area (TPSA) is 84.2 Å². The van der Waals surface area contributed by atoms with Gasteiger partial charge in [0.2, 0.25) is 11.8 Å². The lowest BCUT2D eigenvalue weighted by atomic mass is 9.65. The highest BCUT2D eigenvalue weighted by Crippen LogP contribution is 2.42. The summed E-state index contributed by atoms with van der Waals surface area (Å²) in [4.78, 5) is 23.7.